The minimum atomic E-state index is -0.883. The van der Waals surface area contributed by atoms with Gasteiger partial charge in [0.05, 0.1) is 29.7 Å². The Kier molecular flexibility index (Phi) is 7.11. The number of halogens is 2. The molecule has 1 aliphatic heterocycles. The van der Waals surface area contributed by atoms with Gasteiger partial charge >= 0.3 is 12.1 Å². The lowest BCUT2D eigenvalue weighted by atomic mass is 9.85. The molecule has 1 aromatic heterocycles. The van der Waals surface area contributed by atoms with Crippen molar-refractivity contribution in [2.45, 2.75) is 76.8 Å². The number of carboxylic acids is 1. The number of rotatable bonds is 5. The molecule has 1 fully saturated rings. The summed E-state index contributed by atoms with van der Waals surface area (Å²) in [5, 5.41) is 9.74. The molecule has 0 spiro atoms. The highest BCUT2D eigenvalue weighted by Crippen LogP contribution is 2.42. The van der Waals surface area contributed by atoms with Crippen LogP contribution >= 0.6 is 0 Å². The predicted molar refractivity (Wildman–Crippen MR) is 140 cm³/mol. The smallest absolute Gasteiger partial charge is 0.414 e. The number of aromatic nitrogens is 2. The molecule has 7 nitrogen and oxygen atoms in total. The minimum Gasteiger partial charge on any atom is -0.481 e. The molecule has 0 bridgehead atoms. The van der Waals surface area contributed by atoms with Crippen LogP contribution in [0.4, 0.5) is 19.3 Å². The number of methoxy groups -OCH3 is 1. The first kappa shape index (κ1) is 26.1. The summed E-state index contributed by atoms with van der Waals surface area (Å²) in [5.74, 6) is -2.33. The molecule has 1 amide bonds. The molecule has 4 atom stereocenters. The second-order valence-electron chi connectivity index (χ2n) is 10.7. The molecule has 0 unspecified atom stereocenters. The zero-order chi connectivity index (χ0) is 27.1. The molecule has 9 heteroatoms. The van der Waals surface area contributed by atoms with E-state index in [1.54, 1.807) is 11.0 Å². The Morgan fingerprint density at radius 2 is 1.95 bits per heavy atom. The fraction of sp³-hybridized carbons (Fsp3) is 0.483. The summed E-state index contributed by atoms with van der Waals surface area (Å²) in [7, 11) is 1.37. The van der Waals surface area contributed by atoms with Crippen molar-refractivity contribution in [3.63, 3.8) is 0 Å². The third kappa shape index (κ3) is 4.63. The fourth-order valence-electron chi connectivity index (χ4n) is 6.26. The standard InChI is InChI=1S/C29H33F2N3O4/c1-16(13-18-8-10-22(30)23(31)14-18)27-32-26-21-9-7-17(2)33(29(37)38-3)24(21)11-12-25(26)34(27)20-6-4-5-19(15-20)28(35)36/h8,10-12,14,16-17,19-20H,4-7,9,13,15H2,1-3H3,(H,35,36)/t16-,17-,19+,20+/m0/s1. The van der Waals surface area contributed by atoms with Crippen LogP contribution < -0.4 is 4.90 Å². The van der Waals surface area contributed by atoms with Gasteiger partial charge in [0.1, 0.15) is 5.82 Å². The van der Waals surface area contributed by atoms with Crippen molar-refractivity contribution in [2.24, 2.45) is 5.92 Å². The number of ether oxygens (including phenoxy) is 1. The Morgan fingerprint density at radius 3 is 2.66 bits per heavy atom. The van der Waals surface area contributed by atoms with Crippen LogP contribution in [-0.2, 0) is 22.4 Å². The summed E-state index contributed by atoms with van der Waals surface area (Å²) >= 11 is 0. The van der Waals surface area contributed by atoms with Gasteiger partial charge in [-0.05, 0) is 75.3 Å². The number of carboxylic acid groups (broad SMARTS) is 1. The van der Waals surface area contributed by atoms with Crippen molar-refractivity contribution in [2.75, 3.05) is 12.0 Å². The lowest BCUT2D eigenvalue weighted by molar-refractivity contribution is -0.143. The first-order valence-electron chi connectivity index (χ1n) is 13.3. The maximum atomic E-state index is 13.9. The Bertz CT molecular complexity index is 1390. The summed E-state index contributed by atoms with van der Waals surface area (Å²) in [4.78, 5) is 31.3. The lowest BCUT2D eigenvalue weighted by Gasteiger charge is -2.34. The quantitative estimate of drug-likeness (QED) is 0.418. The zero-order valence-electron chi connectivity index (χ0n) is 21.9. The van der Waals surface area contributed by atoms with Gasteiger partial charge in [-0.25, -0.2) is 18.6 Å². The number of amides is 1. The number of carbonyl (C=O) groups excluding carboxylic acids is 1. The number of benzene rings is 2. The average Bonchev–Trinajstić information content (AvgIpc) is 3.30. The highest BCUT2D eigenvalue weighted by molar-refractivity contribution is 5.95. The third-order valence-corrected chi connectivity index (χ3v) is 8.18. The molecule has 0 saturated heterocycles. The van der Waals surface area contributed by atoms with Gasteiger partial charge in [0.25, 0.3) is 0 Å². The van der Waals surface area contributed by atoms with Crippen LogP contribution in [0.25, 0.3) is 11.0 Å². The van der Waals surface area contributed by atoms with Crippen molar-refractivity contribution in [3.8, 4) is 0 Å². The van der Waals surface area contributed by atoms with Crippen LogP contribution in [0.5, 0.6) is 0 Å². The van der Waals surface area contributed by atoms with Gasteiger partial charge in [0.15, 0.2) is 11.6 Å². The van der Waals surface area contributed by atoms with Crippen LogP contribution in [0.3, 0.4) is 0 Å². The molecule has 202 valence electrons. The number of hydrogen-bond donors (Lipinski definition) is 1. The molecule has 1 N–H and O–H groups in total. The van der Waals surface area contributed by atoms with E-state index in [9.17, 15) is 23.5 Å². The van der Waals surface area contributed by atoms with Crippen molar-refractivity contribution in [1.82, 2.24) is 9.55 Å². The van der Waals surface area contributed by atoms with E-state index in [0.717, 1.165) is 59.9 Å². The van der Waals surface area contributed by atoms with Crippen LogP contribution in [0.15, 0.2) is 30.3 Å². The summed E-state index contributed by atoms with van der Waals surface area (Å²) < 4.78 is 34.7. The number of carbonyl (C=O) groups is 2. The van der Waals surface area contributed by atoms with E-state index >= 15 is 0 Å². The van der Waals surface area contributed by atoms with E-state index in [4.69, 9.17) is 9.72 Å². The molecular formula is C29H33F2N3O4. The lowest BCUT2D eigenvalue weighted by Crippen LogP contribution is -2.42. The van der Waals surface area contributed by atoms with Crippen molar-refractivity contribution >= 4 is 28.8 Å². The van der Waals surface area contributed by atoms with Crippen LogP contribution in [-0.4, -0.2) is 39.9 Å². The highest BCUT2D eigenvalue weighted by atomic mass is 19.2. The molecule has 3 aromatic rings. The Hall–Kier alpha value is -3.49. The monoisotopic (exact) mass is 525 g/mol. The molecule has 0 radical (unpaired) electrons. The summed E-state index contributed by atoms with van der Waals surface area (Å²) in [6, 6.07) is 7.78. The summed E-state index contributed by atoms with van der Waals surface area (Å²) in [6.45, 7) is 4.00. The first-order valence-corrected chi connectivity index (χ1v) is 13.3. The van der Waals surface area contributed by atoms with Crippen LogP contribution in [0.2, 0.25) is 0 Å². The van der Waals surface area contributed by atoms with Gasteiger partial charge in [0, 0.05) is 23.6 Å². The molecule has 1 aliphatic carbocycles. The van der Waals surface area contributed by atoms with E-state index in [0.29, 0.717) is 24.8 Å². The van der Waals surface area contributed by atoms with E-state index in [2.05, 4.69) is 4.57 Å². The summed E-state index contributed by atoms with van der Waals surface area (Å²) in [5.41, 5.74) is 4.12. The number of aliphatic carboxylic acids is 1. The maximum absolute atomic E-state index is 13.9. The van der Waals surface area contributed by atoms with Crippen molar-refractivity contribution < 1.29 is 28.2 Å². The number of imidazole rings is 1. The second kappa shape index (κ2) is 10.3. The predicted octanol–water partition coefficient (Wildman–Crippen LogP) is 6.38. The van der Waals surface area contributed by atoms with Gasteiger partial charge in [-0.15, -0.1) is 0 Å². The second-order valence-corrected chi connectivity index (χ2v) is 10.7. The number of aryl methyl sites for hydroxylation is 1. The SMILES string of the molecule is COC(=O)N1c2ccc3c(nc([C@@H](C)Cc4ccc(F)c(F)c4)n3[C@@H]3CCC[C@@H](C(=O)O)C3)c2CC[C@@H]1C. The van der Waals surface area contributed by atoms with E-state index < -0.39 is 29.6 Å². The van der Waals surface area contributed by atoms with E-state index in [-0.39, 0.29) is 18.0 Å². The molecule has 5 rings (SSSR count). The molecule has 2 heterocycles. The number of nitrogens with zero attached hydrogens (tertiary/aromatic N) is 3. The van der Waals surface area contributed by atoms with Gasteiger partial charge < -0.3 is 14.4 Å². The molecule has 2 aromatic carbocycles. The highest BCUT2D eigenvalue weighted by Gasteiger charge is 2.35. The Labute approximate surface area is 220 Å². The molecule has 2 aliphatic rings. The molecule has 1 saturated carbocycles. The molecule has 38 heavy (non-hydrogen) atoms. The fourth-order valence-corrected chi connectivity index (χ4v) is 6.26. The Morgan fingerprint density at radius 1 is 1.16 bits per heavy atom. The van der Waals surface area contributed by atoms with Crippen molar-refractivity contribution in [1.29, 1.82) is 0 Å². The minimum absolute atomic E-state index is 0.0177. The number of anilines is 1. The third-order valence-electron chi connectivity index (χ3n) is 8.18. The van der Waals surface area contributed by atoms with Gasteiger partial charge in [-0.2, -0.15) is 0 Å². The van der Waals surface area contributed by atoms with Crippen LogP contribution in [0.1, 0.15) is 74.9 Å². The van der Waals surface area contributed by atoms with Gasteiger partial charge in [0.2, 0.25) is 0 Å². The van der Waals surface area contributed by atoms with E-state index in [1.165, 1.54) is 13.2 Å². The van der Waals surface area contributed by atoms with Gasteiger partial charge in [-0.3, -0.25) is 9.69 Å². The topological polar surface area (TPSA) is 84.7 Å². The maximum Gasteiger partial charge on any atom is 0.414 e. The normalized spacial score (nSPS) is 22.2. The Balaban J connectivity index is 1.63. The first-order chi connectivity index (χ1) is 18.2. The zero-order valence-corrected chi connectivity index (χ0v) is 21.9. The van der Waals surface area contributed by atoms with Crippen molar-refractivity contribution in [3.05, 3.63) is 58.9 Å². The summed E-state index contributed by atoms with van der Waals surface area (Å²) in [6.07, 6.45) is 4.34. The van der Waals surface area contributed by atoms with Crippen LogP contribution in [0, 0.1) is 17.6 Å². The van der Waals surface area contributed by atoms with E-state index in [1.807, 2.05) is 26.0 Å². The largest absolute Gasteiger partial charge is 0.481 e. The van der Waals surface area contributed by atoms with Gasteiger partial charge in [-0.1, -0.05) is 19.4 Å². The number of hydrogen-bond acceptors (Lipinski definition) is 4. The molecular weight excluding hydrogens is 492 g/mol. The average molecular weight is 526 g/mol. The number of fused-ring (bicyclic) bond motifs is 3.